The van der Waals surface area contributed by atoms with E-state index < -0.39 is 5.97 Å². The van der Waals surface area contributed by atoms with Crippen LogP contribution < -0.4 is 0 Å². The summed E-state index contributed by atoms with van der Waals surface area (Å²) in [6, 6.07) is 0. The highest BCUT2D eigenvalue weighted by Gasteiger charge is 2.21. The van der Waals surface area contributed by atoms with Crippen molar-refractivity contribution in [1.82, 2.24) is 0 Å². The Morgan fingerprint density at radius 2 is 2.24 bits per heavy atom. The van der Waals surface area contributed by atoms with Crippen LogP contribution in [0.4, 0.5) is 0 Å². The van der Waals surface area contributed by atoms with Crippen molar-refractivity contribution in [3.63, 3.8) is 0 Å². The van der Waals surface area contributed by atoms with Crippen LogP contribution in [0, 0.1) is 5.92 Å². The van der Waals surface area contributed by atoms with Crippen molar-refractivity contribution in [2.75, 3.05) is 0 Å². The molecule has 1 N–H and O–H groups in total. The summed E-state index contributed by atoms with van der Waals surface area (Å²) >= 11 is 3.41. The van der Waals surface area contributed by atoms with Gasteiger partial charge in [0.05, 0.1) is 5.92 Å². The molecule has 2 atom stereocenters. The molecule has 0 bridgehead atoms. The van der Waals surface area contributed by atoms with Gasteiger partial charge >= 0.3 is 5.97 Å². The number of carboxylic acid groups (broad SMARTS) is 1. The molecule has 3 nitrogen and oxygen atoms in total. The van der Waals surface area contributed by atoms with Crippen molar-refractivity contribution >= 4 is 27.7 Å². The first-order valence-electron chi connectivity index (χ1n) is 6.11. The van der Waals surface area contributed by atoms with E-state index >= 15 is 0 Å². The zero-order chi connectivity index (χ0) is 12.8. The van der Waals surface area contributed by atoms with E-state index in [9.17, 15) is 9.59 Å². The van der Waals surface area contributed by atoms with Gasteiger partial charge in [-0.25, -0.2) is 0 Å². The molecule has 1 aliphatic carbocycles. The highest BCUT2D eigenvalue weighted by molar-refractivity contribution is 9.09. The Balaban J connectivity index is 2.11. The van der Waals surface area contributed by atoms with E-state index in [0.717, 1.165) is 37.7 Å². The van der Waals surface area contributed by atoms with Crippen molar-refractivity contribution in [3.05, 3.63) is 11.6 Å². The molecule has 0 saturated heterocycles. The molecule has 17 heavy (non-hydrogen) atoms. The lowest BCUT2D eigenvalue weighted by molar-refractivity contribution is -0.141. The number of hydrogen-bond donors (Lipinski definition) is 1. The number of Topliss-reactive ketones (excluding diaryl/α,β-unsaturated/α-hetero) is 1. The molecule has 0 radical (unpaired) electrons. The number of carbonyl (C=O) groups excluding carboxylic acids is 1. The molecular formula is C13H19BrO3. The smallest absolute Gasteiger partial charge is 0.306 e. The Morgan fingerprint density at radius 1 is 1.53 bits per heavy atom. The van der Waals surface area contributed by atoms with E-state index in [2.05, 4.69) is 15.9 Å². The van der Waals surface area contributed by atoms with Crippen molar-refractivity contribution in [2.45, 2.75) is 50.3 Å². The molecule has 0 spiro atoms. The van der Waals surface area contributed by atoms with Crippen LogP contribution >= 0.6 is 15.9 Å². The Hall–Kier alpha value is -0.640. The molecule has 0 aromatic carbocycles. The fourth-order valence-corrected chi connectivity index (χ4v) is 2.58. The number of hydrogen-bond acceptors (Lipinski definition) is 2. The minimum Gasteiger partial charge on any atom is -0.481 e. The van der Waals surface area contributed by atoms with Crippen molar-refractivity contribution in [1.29, 1.82) is 0 Å². The van der Waals surface area contributed by atoms with Gasteiger partial charge in [0.25, 0.3) is 0 Å². The first-order chi connectivity index (χ1) is 8.00. The van der Waals surface area contributed by atoms with Gasteiger partial charge in [-0.3, -0.25) is 9.59 Å². The Kier molecular flexibility index (Phi) is 5.89. The molecule has 0 aliphatic heterocycles. The van der Waals surface area contributed by atoms with Crippen LogP contribution in [0.2, 0.25) is 0 Å². The largest absolute Gasteiger partial charge is 0.481 e. The van der Waals surface area contributed by atoms with Crippen molar-refractivity contribution in [3.8, 4) is 0 Å². The van der Waals surface area contributed by atoms with Gasteiger partial charge in [0.15, 0.2) is 5.78 Å². The number of halogens is 1. The van der Waals surface area contributed by atoms with Crippen LogP contribution in [0.15, 0.2) is 11.6 Å². The minimum atomic E-state index is -0.721. The first-order valence-corrected chi connectivity index (χ1v) is 7.03. The summed E-state index contributed by atoms with van der Waals surface area (Å²) < 4.78 is 0. The van der Waals surface area contributed by atoms with E-state index in [1.807, 2.05) is 6.08 Å². The Morgan fingerprint density at radius 3 is 2.76 bits per heavy atom. The topological polar surface area (TPSA) is 54.4 Å². The van der Waals surface area contributed by atoms with Crippen LogP contribution in [-0.4, -0.2) is 21.7 Å². The zero-order valence-corrected chi connectivity index (χ0v) is 11.7. The van der Waals surface area contributed by atoms with Crippen molar-refractivity contribution in [2.24, 2.45) is 5.92 Å². The molecule has 1 rings (SSSR count). The maximum Gasteiger partial charge on any atom is 0.306 e. The molecule has 0 saturated carbocycles. The van der Waals surface area contributed by atoms with E-state index in [0.29, 0.717) is 6.42 Å². The molecule has 0 aromatic heterocycles. The highest BCUT2D eigenvalue weighted by atomic mass is 79.9. The summed E-state index contributed by atoms with van der Waals surface area (Å²) in [5, 5.41) is 8.72. The molecule has 0 aromatic rings. The molecule has 0 heterocycles. The van der Waals surface area contributed by atoms with E-state index in [1.54, 1.807) is 6.92 Å². The minimum absolute atomic E-state index is 0.219. The highest BCUT2D eigenvalue weighted by Crippen LogP contribution is 2.25. The lowest BCUT2D eigenvalue weighted by Crippen LogP contribution is -2.08. The quantitative estimate of drug-likeness (QED) is 0.580. The number of unbranched alkanes of at least 4 members (excludes halogenated alkanes) is 2. The molecule has 1 aliphatic rings. The lowest BCUT2D eigenvalue weighted by atomic mass is 10.0. The second-order valence-electron chi connectivity index (χ2n) is 4.67. The summed E-state index contributed by atoms with van der Waals surface area (Å²) in [6.07, 6.45) is 7.05. The average Bonchev–Trinajstić information content (AvgIpc) is 2.56. The van der Waals surface area contributed by atoms with Crippen LogP contribution in [0.1, 0.15) is 45.4 Å². The second-order valence-corrected chi connectivity index (χ2v) is 5.85. The number of rotatable bonds is 7. The summed E-state index contributed by atoms with van der Waals surface area (Å²) in [7, 11) is 0. The van der Waals surface area contributed by atoms with Crippen LogP contribution in [-0.2, 0) is 9.59 Å². The normalized spacial score (nSPS) is 21.4. The predicted octanol–water partition coefficient (Wildman–Crippen LogP) is 3.32. The summed E-state index contributed by atoms with van der Waals surface area (Å²) in [5.74, 6) is -0.721. The fourth-order valence-electron chi connectivity index (χ4n) is 1.97. The van der Waals surface area contributed by atoms with Gasteiger partial charge in [0, 0.05) is 11.2 Å². The van der Waals surface area contributed by atoms with Gasteiger partial charge in [-0.2, -0.15) is 0 Å². The van der Waals surface area contributed by atoms with Gasteiger partial charge in [-0.15, -0.1) is 0 Å². The third kappa shape index (κ3) is 5.02. The molecular weight excluding hydrogens is 284 g/mol. The SMILES string of the molecule is CC(CCCCCC1=CC(Br)CC1=O)C(=O)O. The second kappa shape index (κ2) is 6.94. The Bertz CT molecular complexity index is 323. The average molecular weight is 303 g/mol. The summed E-state index contributed by atoms with van der Waals surface area (Å²) in [4.78, 5) is 22.3. The standard InChI is InChI=1S/C13H19BrO3/c1-9(13(16)17)5-3-2-4-6-10-7-11(14)8-12(10)15/h7,9,11H,2-6,8H2,1H3,(H,16,17). The number of carbonyl (C=O) groups is 2. The van der Waals surface area contributed by atoms with E-state index in [-0.39, 0.29) is 16.5 Å². The number of carboxylic acids is 1. The maximum atomic E-state index is 11.5. The van der Waals surface area contributed by atoms with E-state index in [1.165, 1.54) is 0 Å². The molecule has 96 valence electrons. The van der Waals surface area contributed by atoms with Gasteiger partial charge in [0.2, 0.25) is 0 Å². The monoisotopic (exact) mass is 302 g/mol. The predicted molar refractivity (Wildman–Crippen MR) is 70.3 cm³/mol. The van der Waals surface area contributed by atoms with Crippen LogP contribution in [0.5, 0.6) is 0 Å². The van der Waals surface area contributed by atoms with Gasteiger partial charge in [-0.1, -0.05) is 41.8 Å². The number of allylic oxidation sites excluding steroid dienone is 2. The Labute approximate surface area is 110 Å². The lowest BCUT2D eigenvalue weighted by Gasteiger charge is -2.05. The number of aliphatic carboxylic acids is 1. The van der Waals surface area contributed by atoms with E-state index in [4.69, 9.17) is 5.11 Å². The molecule has 4 heteroatoms. The molecule has 0 fully saturated rings. The van der Waals surface area contributed by atoms with Crippen LogP contribution in [0.25, 0.3) is 0 Å². The maximum absolute atomic E-state index is 11.5. The molecule has 0 amide bonds. The summed E-state index contributed by atoms with van der Waals surface area (Å²) in [5.41, 5.74) is 0.943. The zero-order valence-electron chi connectivity index (χ0n) is 10.1. The van der Waals surface area contributed by atoms with Gasteiger partial charge < -0.3 is 5.11 Å². The third-order valence-electron chi connectivity index (χ3n) is 3.13. The van der Waals surface area contributed by atoms with Gasteiger partial charge in [-0.05, 0) is 24.8 Å². The number of ketones is 1. The number of alkyl halides is 1. The fraction of sp³-hybridized carbons (Fsp3) is 0.692. The summed E-state index contributed by atoms with van der Waals surface area (Å²) in [6.45, 7) is 1.74. The van der Waals surface area contributed by atoms with Crippen molar-refractivity contribution < 1.29 is 14.7 Å². The molecule has 2 unspecified atom stereocenters. The van der Waals surface area contributed by atoms with Gasteiger partial charge in [0.1, 0.15) is 0 Å². The first kappa shape index (κ1) is 14.4. The van der Waals surface area contributed by atoms with Crippen LogP contribution in [0.3, 0.4) is 0 Å². The third-order valence-corrected chi connectivity index (χ3v) is 3.71.